The fourth-order valence-corrected chi connectivity index (χ4v) is 1.35. The Morgan fingerprint density at radius 3 is 2.69 bits per heavy atom. The molecule has 1 heterocycles. The van der Waals surface area contributed by atoms with E-state index in [0.717, 1.165) is 5.69 Å². The monoisotopic (exact) mass is 221 g/mol. The fourth-order valence-electron chi connectivity index (χ4n) is 1.35. The van der Waals surface area contributed by atoms with Gasteiger partial charge in [0, 0.05) is 25.2 Å². The molecule has 16 heavy (non-hydrogen) atoms. The first-order valence-corrected chi connectivity index (χ1v) is 5.31. The van der Waals surface area contributed by atoms with Crippen LogP contribution in [0.25, 0.3) is 0 Å². The quantitative estimate of drug-likeness (QED) is 0.830. The first kappa shape index (κ1) is 12.6. The lowest BCUT2D eigenvalue weighted by molar-refractivity contribution is -0.131. The van der Waals surface area contributed by atoms with Crippen LogP contribution in [0, 0.1) is 0 Å². The molecule has 4 nitrogen and oxygen atoms in total. The average Bonchev–Trinajstić information content (AvgIpc) is 2.16. The van der Waals surface area contributed by atoms with Gasteiger partial charge in [-0.1, -0.05) is 6.07 Å². The molecule has 2 N–H and O–H groups in total. The van der Waals surface area contributed by atoms with Gasteiger partial charge in [0.15, 0.2) is 0 Å². The maximum Gasteiger partial charge on any atom is 0.224 e. The third-order valence-corrected chi connectivity index (χ3v) is 2.16. The van der Waals surface area contributed by atoms with Crippen molar-refractivity contribution in [1.82, 2.24) is 9.88 Å². The van der Waals surface area contributed by atoms with Crippen LogP contribution in [-0.2, 0) is 11.3 Å². The normalized spacial score (nSPS) is 11.2. The number of nitrogens with two attached hydrogens (primary N) is 1. The molecule has 0 saturated carbocycles. The van der Waals surface area contributed by atoms with Gasteiger partial charge >= 0.3 is 0 Å². The lowest BCUT2D eigenvalue weighted by Gasteiger charge is -2.23. The molecule has 0 radical (unpaired) electrons. The highest BCUT2D eigenvalue weighted by molar-refractivity contribution is 5.76. The van der Waals surface area contributed by atoms with Crippen LogP contribution >= 0.6 is 0 Å². The Morgan fingerprint density at radius 1 is 1.50 bits per heavy atom. The van der Waals surface area contributed by atoms with Crippen molar-refractivity contribution in [2.45, 2.75) is 32.4 Å². The second-order valence-electron chi connectivity index (χ2n) is 4.74. The van der Waals surface area contributed by atoms with E-state index in [4.69, 9.17) is 5.73 Å². The molecule has 0 aliphatic carbocycles. The standard InChI is InChI=1S/C12H19N3O/c1-12(2,13)8-11(16)15(3)9-10-6-4-5-7-14-10/h4-7H,8-9,13H2,1-3H3. The van der Waals surface area contributed by atoms with Crippen molar-refractivity contribution in [3.63, 3.8) is 0 Å². The van der Waals surface area contributed by atoms with Gasteiger partial charge in [-0.3, -0.25) is 9.78 Å². The molecule has 1 aromatic rings. The summed E-state index contributed by atoms with van der Waals surface area (Å²) in [6.07, 6.45) is 2.07. The zero-order chi connectivity index (χ0) is 12.2. The van der Waals surface area contributed by atoms with E-state index in [9.17, 15) is 4.79 Å². The second-order valence-corrected chi connectivity index (χ2v) is 4.74. The molecular formula is C12H19N3O. The van der Waals surface area contributed by atoms with Gasteiger partial charge < -0.3 is 10.6 Å². The van der Waals surface area contributed by atoms with Gasteiger partial charge in [-0.05, 0) is 26.0 Å². The molecular weight excluding hydrogens is 202 g/mol. The number of carbonyl (C=O) groups excluding carboxylic acids is 1. The number of hydrogen-bond donors (Lipinski definition) is 1. The minimum absolute atomic E-state index is 0.0400. The van der Waals surface area contributed by atoms with Crippen LogP contribution in [0.3, 0.4) is 0 Å². The smallest absolute Gasteiger partial charge is 0.224 e. The maximum absolute atomic E-state index is 11.8. The summed E-state index contributed by atoms with van der Waals surface area (Å²) in [5.41, 5.74) is 6.22. The molecule has 0 aliphatic heterocycles. The summed E-state index contributed by atoms with van der Waals surface area (Å²) in [7, 11) is 1.77. The Kier molecular flexibility index (Phi) is 4.01. The van der Waals surface area contributed by atoms with E-state index in [-0.39, 0.29) is 5.91 Å². The zero-order valence-electron chi connectivity index (χ0n) is 10.1. The van der Waals surface area contributed by atoms with E-state index >= 15 is 0 Å². The number of aromatic nitrogens is 1. The number of nitrogens with zero attached hydrogens (tertiary/aromatic N) is 2. The highest BCUT2D eigenvalue weighted by Gasteiger charge is 2.19. The van der Waals surface area contributed by atoms with Crippen molar-refractivity contribution >= 4 is 5.91 Å². The van der Waals surface area contributed by atoms with Gasteiger partial charge in [-0.2, -0.15) is 0 Å². The molecule has 88 valence electrons. The van der Waals surface area contributed by atoms with E-state index in [1.807, 2.05) is 32.0 Å². The molecule has 4 heteroatoms. The highest BCUT2D eigenvalue weighted by Crippen LogP contribution is 2.08. The third-order valence-electron chi connectivity index (χ3n) is 2.16. The minimum atomic E-state index is -0.463. The summed E-state index contributed by atoms with van der Waals surface area (Å²) in [6.45, 7) is 4.22. The molecule has 0 atom stereocenters. The van der Waals surface area contributed by atoms with Crippen molar-refractivity contribution in [2.24, 2.45) is 5.73 Å². The van der Waals surface area contributed by atoms with Crippen LogP contribution < -0.4 is 5.73 Å². The average molecular weight is 221 g/mol. The molecule has 0 fully saturated rings. The summed E-state index contributed by atoms with van der Waals surface area (Å²) in [5, 5.41) is 0. The van der Waals surface area contributed by atoms with Crippen molar-refractivity contribution < 1.29 is 4.79 Å². The Morgan fingerprint density at radius 2 is 2.19 bits per heavy atom. The summed E-state index contributed by atoms with van der Waals surface area (Å²) in [5.74, 6) is 0.0400. The Balaban J connectivity index is 2.53. The van der Waals surface area contributed by atoms with Crippen molar-refractivity contribution in [3.05, 3.63) is 30.1 Å². The van der Waals surface area contributed by atoms with Gasteiger partial charge in [0.2, 0.25) is 5.91 Å². The second kappa shape index (κ2) is 5.07. The minimum Gasteiger partial charge on any atom is -0.340 e. The van der Waals surface area contributed by atoms with Crippen molar-refractivity contribution in [1.29, 1.82) is 0 Å². The fraction of sp³-hybridized carbons (Fsp3) is 0.500. The molecule has 1 aromatic heterocycles. The summed E-state index contributed by atoms with van der Waals surface area (Å²) >= 11 is 0. The molecule has 0 spiro atoms. The molecule has 0 unspecified atom stereocenters. The van der Waals surface area contributed by atoms with Crippen LogP contribution in [-0.4, -0.2) is 28.4 Å². The van der Waals surface area contributed by atoms with Crippen LogP contribution in [0.5, 0.6) is 0 Å². The molecule has 0 bridgehead atoms. The first-order chi connectivity index (χ1) is 7.38. The zero-order valence-corrected chi connectivity index (χ0v) is 10.1. The Bertz CT molecular complexity index is 343. The third kappa shape index (κ3) is 4.40. The topological polar surface area (TPSA) is 59.2 Å². The molecule has 1 rings (SSSR count). The number of amides is 1. The van der Waals surface area contributed by atoms with Crippen molar-refractivity contribution in [3.8, 4) is 0 Å². The first-order valence-electron chi connectivity index (χ1n) is 5.31. The van der Waals surface area contributed by atoms with Gasteiger partial charge in [0.1, 0.15) is 0 Å². The summed E-state index contributed by atoms with van der Waals surface area (Å²) < 4.78 is 0. The summed E-state index contributed by atoms with van der Waals surface area (Å²) in [4.78, 5) is 17.6. The molecule has 1 amide bonds. The summed E-state index contributed by atoms with van der Waals surface area (Å²) in [6, 6.07) is 5.67. The maximum atomic E-state index is 11.8. The number of hydrogen-bond acceptors (Lipinski definition) is 3. The predicted molar refractivity (Wildman–Crippen MR) is 63.6 cm³/mol. The number of rotatable bonds is 4. The largest absolute Gasteiger partial charge is 0.340 e. The SMILES string of the molecule is CN(Cc1ccccn1)C(=O)CC(C)(C)N. The van der Waals surface area contributed by atoms with E-state index < -0.39 is 5.54 Å². The van der Waals surface area contributed by atoms with E-state index in [0.29, 0.717) is 13.0 Å². The molecule has 0 aliphatic rings. The Labute approximate surface area is 96.5 Å². The van der Waals surface area contributed by atoms with Gasteiger partial charge in [0.05, 0.1) is 12.2 Å². The molecule has 0 aromatic carbocycles. The number of pyridine rings is 1. The van der Waals surface area contributed by atoms with Crippen molar-refractivity contribution in [2.75, 3.05) is 7.05 Å². The highest BCUT2D eigenvalue weighted by atomic mass is 16.2. The van der Waals surface area contributed by atoms with Gasteiger partial charge in [-0.15, -0.1) is 0 Å². The lowest BCUT2D eigenvalue weighted by Crippen LogP contribution is -2.39. The van der Waals surface area contributed by atoms with Gasteiger partial charge in [-0.25, -0.2) is 0 Å². The van der Waals surface area contributed by atoms with Crippen LogP contribution in [0.4, 0.5) is 0 Å². The van der Waals surface area contributed by atoms with Crippen LogP contribution in [0.15, 0.2) is 24.4 Å². The van der Waals surface area contributed by atoms with Gasteiger partial charge in [0.25, 0.3) is 0 Å². The van der Waals surface area contributed by atoms with E-state index in [1.165, 1.54) is 0 Å². The van der Waals surface area contributed by atoms with Crippen LogP contribution in [0.2, 0.25) is 0 Å². The molecule has 0 saturated heterocycles. The Hall–Kier alpha value is -1.42. The predicted octanol–water partition coefficient (Wildman–Crippen LogP) is 1.17. The van der Waals surface area contributed by atoms with E-state index in [1.54, 1.807) is 18.1 Å². The van der Waals surface area contributed by atoms with Crippen LogP contribution in [0.1, 0.15) is 26.0 Å². The number of carbonyl (C=O) groups is 1. The lowest BCUT2D eigenvalue weighted by atomic mass is 10.0. The van der Waals surface area contributed by atoms with E-state index in [2.05, 4.69) is 4.98 Å².